The Labute approximate surface area is 216 Å². The van der Waals surface area contributed by atoms with Crippen molar-refractivity contribution in [1.29, 1.82) is 0 Å². The van der Waals surface area contributed by atoms with Crippen LogP contribution >= 0.6 is 11.8 Å². The lowest BCUT2D eigenvalue weighted by Crippen LogP contribution is -2.51. The molecule has 0 aromatic heterocycles. The summed E-state index contributed by atoms with van der Waals surface area (Å²) in [6.07, 6.45) is 0. The molecule has 4 N–H and O–H groups in total. The number of ether oxygens (including phenoxy) is 3. The molecule has 0 saturated heterocycles. The molecule has 0 saturated carbocycles. The van der Waals surface area contributed by atoms with E-state index in [1.165, 1.54) is 11.8 Å². The van der Waals surface area contributed by atoms with Crippen LogP contribution in [0.25, 0.3) is 0 Å². The third-order valence-electron chi connectivity index (χ3n) is 6.13. The van der Waals surface area contributed by atoms with Crippen molar-refractivity contribution >= 4 is 29.6 Å². The van der Waals surface area contributed by atoms with Crippen molar-refractivity contribution in [3.05, 3.63) is 95.1 Å². The van der Waals surface area contributed by atoms with Crippen molar-refractivity contribution in [2.24, 2.45) is 5.73 Å². The monoisotopic (exact) mass is 520 g/mol. The highest BCUT2D eigenvalue weighted by Gasteiger charge is 2.47. The quantitative estimate of drug-likeness (QED) is 0.445. The van der Waals surface area contributed by atoms with E-state index in [0.29, 0.717) is 17.1 Å². The van der Waals surface area contributed by atoms with Gasteiger partial charge in [-0.05, 0) is 12.1 Å². The number of amides is 1. The summed E-state index contributed by atoms with van der Waals surface area (Å²) in [4.78, 5) is 37.0. The number of carboxylic acids is 1. The van der Waals surface area contributed by atoms with Gasteiger partial charge < -0.3 is 30.4 Å². The van der Waals surface area contributed by atoms with Crippen LogP contribution in [0.2, 0.25) is 0 Å². The first-order chi connectivity index (χ1) is 17.9. The van der Waals surface area contributed by atoms with Crippen LogP contribution < -0.4 is 20.5 Å². The van der Waals surface area contributed by atoms with Crippen LogP contribution in [0.4, 0.5) is 0 Å². The second-order valence-electron chi connectivity index (χ2n) is 8.59. The Balaban J connectivity index is 1.57. The Morgan fingerprint density at radius 1 is 0.973 bits per heavy atom. The number of rotatable bonds is 3. The number of nitrogens with one attached hydrogen (secondary N) is 1. The molecule has 3 aromatic rings. The van der Waals surface area contributed by atoms with Crippen molar-refractivity contribution < 1.29 is 33.7 Å². The molecule has 10 heteroatoms. The summed E-state index contributed by atoms with van der Waals surface area (Å²) in [5, 5.41) is 12.0. The molecule has 2 atom stereocenters. The fourth-order valence-corrected chi connectivity index (χ4v) is 5.29. The molecule has 190 valence electrons. The van der Waals surface area contributed by atoms with E-state index in [1.807, 2.05) is 60.7 Å². The van der Waals surface area contributed by atoms with Crippen molar-refractivity contribution in [2.45, 2.75) is 23.6 Å². The maximum Gasteiger partial charge on any atom is 0.338 e. The van der Waals surface area contributed by atoms with Crippen molar-refractivity contribution in [2.75, 3.05) is 12.4 Å². The zero-order valence-electron chi connectivity index (χ0n) is 19.6. The summed E-state index contributed by atoms with van der Waals surface area (Å²) in [5.41, 5.74) is 8.07. The predicted molar refractivity (Wildman–Crippen MR) is 135 cm³/mol. The van der Waals surface area contributed by atoms with Crippen LogP contribution in [0.3, 0.4) is 0 Å². The van der Waals surface area contributed by atoms with E-state index in [1.54, 1.807) is 12.1 Å². The average molecular weight is 521 g/mol. The van der Waals surface area contributed by atoms with Crippen LogP contribution in [-0.4, -0.2) is 47.4 Å². The topological polar surface area (TPSA) is 137 Å². The summed E-state index contributed by atoms with van der Waals surface area (Å²) in [5.74, 6) is -2.79. The van der Waals surface area contributed by atoms with Gasteiger partial charge in [-0.3, -0.25) is 4.79 Å². The first-order valence-electron chi connectivity index (χ1n) is 11.6. The number of carboxylic acid groups (broad SMARTS) is 1. The Morgan fingerprint density at radius 2 is 1.62 bits per heavy atom. The van der Waals surface area contributed by atoms with E-state index in [2.05, 4.69) is 5.32 Å². The van der Waals surface area contributed by atoms with Gasteiger partial charge in [-0.1, -0.05) is 60.7 Å². The zero-order chi connectivity index (χ0) is 26.0. The van der Waals surface area contributed by atoms with Crippen LogP contribution in [0.1, 0.15) is 27.0 Å². The minimum absolute atomic E-state index is 0.0509. The van der Waals surface area contributed by atoms with Gasteiger partial charge in [0, 0.05) is 28.2 Å². The zero-order valence-corrected chi connectivity index (χ0v) is 20.4. The second-order valence-corrected chi connectivity index (χ2v) is 9.62. The molecule has 0 fully saturated rings. The summed E-state index contributed by atoms with van der Waals surface area (Å²) in [6.45, 7) is -0.407. The van der Waals surface area contributed by atoms with E-state index in [0.717, 1.165) is 11.1 Å². The van der Waals surface area contributed by atoms with E-state index >= 15 is 0 Å². The maximum atomic E-state index is 13.0. The molecule has 37 heavy (non-hydrogen) atoms. The molecule has 0 radical (unpaired) electrons. The number of hydrogen-bond acceptors (Lipinski definition) is 8. The summed E-state index contributed by atoms with van der Waals surface area (Å²) in [6, 6.07) is 19.8. The third kappa shape index (κ3) is 4.73. The number of fused-ring (bicyclic) bond motifs is 3. The van der Waals surface area contributed by atoms with Gasteiger partial charge in [-0.15, -0.1) is 0 Å². The van der Waals surface area contributed by atoms with Crippen LogP contribution in [0.15, 0.2) is 72.8 Å². The smallest absolute Gasteiger partial charge is 0.338 e. The fourth-order valence-electron chi connectivity index (χ4n) is 4.22. The first-order valence-corrected chi connectivity index (χ1v) is 12.7. The molecule has 0 unspecified atom stereocenters. The number of aliphatic carboxylic acids is 1. The molecular formula is C27H24N2O7S. The number of carbonyl (C=O) groups excluding carboxylic acids is 2. The van der Waals surface area contributed by atoms with Crippen molar-refractivity contribution in [1.82, 2.24) is 5.32 Å². The minimum Gasteiger partial charge on any atom is -0.480 e. The molecule has 0 bridgehead atoms. The third-order valence-corrected chi connectivity index (χ3v) is 7.19. The summed E-state index contributed by atoms with van der Waals surface area (Å²) >= 11 is 1.23. The highest BCUT2D eigenvalue weighted by Crippen LogP contribution is 2.50. The SMILES string of the molecule is N[C@H]1COC(=O)c2ccc3c(c2CSC[C@@H](C(=O)O)NC1=O)OC(c1ccccc1)(c1ccccc1)O3. The number of cyclic esters (lactones) is 1. The Bertz CT molecular complexity index is 1290. The number of thioether (sulfide) groups is 1. The maximum absolute atomic E-state index is 13.0. The lowest BCUT2D eigenvalue weighted by molar-refractivity contribution is -0.141. The molecule has 2 aliphatic heterocycles. The van der Waals surface area contributed by atoms with Gasteiger partial charge in [-0.25, -0.2) is 9.59 Å². The molecule has 2 aliphatic rings. The second kappa shape index (κ2) is 10.2. The summed E-state index contributed by atoms with van der Waals surface area (Å²) < 4.78 is 18.4. The van der Waals surface area contributed by atoms with Crippen LogP contribution in [-0.2, 0) is 25.9 Å². The number of nitrogens with two attached hydrogens (primary N) is 1. The largest absolute Gasteiger partial charge is 0.480 e. The molecule has 1 amide bonds. The number of hydrogen-bond donors (Lipinski definition) is 3. The molecule has 0 aliphatic carbocycles. The minimum atomic E-state index is -1.29. The molecule has 3 aromatic carbocycles. The number of benzene rings is 3. The van der Waals surface area contributed by atoms with E-state index in [-0.39, 0.29) is 17.1 Å². The average Bonchev–Trinajstić information content (AvgIpc) is 3.32. The van der Waals surface area contributed by atoms with Crippen LogP contribution in [0, 0.1) is 0 Å². The molecule has 0 spiro atoms. The number of esters is 1. The normalized spacial score (nSPS) is 21.0. The highest BCUT2D eigenvalue weighted by molar-refractivity contribution is 7.98. The van der Waals surface area contributed by atoms with Gasteiger partial charge in [-0.2, -0.15) is 11.8 Å². The lowest BCUT2D eigenvalue weighted by Gasteiger charge is -2.28. The van der Waals surface area contributed by atoms with E-state index < -0.39 is 42.3 Å². The Hall–Kier alpha value is -4.02. The van der Waals surface area contributed by atoms with Crippen LogP contribution in [0.5, 0.6) is 11.5 Å². The van der Waals surface area contributed by atoms with Gasteiger partial charge in [0.25, 0.3) is 0 Å². The van der Waals surface area contributed by atoms with E-state index in [4.69, 9.17) is 19.9 Å². The fraction of sp³-hybridized carbons (Fsp3) is 0.222. The molecule has 9 nitrogen and oxygen atoms in total. The number of carbonyl (C=O) groups is 3. The van der Waals surface area contributed by atoms with Crippen molar-refractivity contribution in [3.63, 3.8) is 0 Å². The van der Waals surface area contributed by atoms with Crippen molar-refractivity contribution in [3.8, 4) is 11.5 Å². The van der Waals surface area contributed by atoms with Gasteiger partial charge in [0.05, 0.1) is 5.56 Å². The van der Waals surface area contributed by atoms with Gasteiger partial charge >= 0.3 is 17.7 Å². The van der Waals surface area contributed by atoms with E-state index in [9.17, 15) is 19.5 Å². The first kappa shape index (κ1) is 24.7. The molecule has 2 heterocycles. The summed E-state index contributed by atoms with van der Waals surface area (Å²) in [7, 11) is 0. The van der Waals surface area contributed by atoms with Gasteiger partial charge in [0.1, 0.15) is 18.7 Å². The Kier molecular flexibility index (Phi) is 6.77. The lowest BCUT2D eigenvalue weighted by atomic mass is 9.97. The molecule has 5 rings (SSSR count). The highest BCUT2D eigenvalue weighted by atomic mass is 32.2. The van der Waals surface area contributed by atoms with Gasteiger partial charge in [0.2, 0.25) is 5.91 Å². The Morgan fingerprint density at radius 3 is 2.24 bits per heavy atom. The predicted octanol–water partition coefficient (Wildman–Crippen LogP) is 2.66. The molecular weight excluding hydrogens is 496 g/mol. The van der Waals surface area contributed by atoms with Gasteiger partial charge in [0.15, 0.2) is 11.5 Å². The standard InChI is InChI=1S/C27H24N2O7S/c28-20-13-34-26(33)18-11-12-22-23(19(18)14-37-15-21(25(31)32)29-24(20)30)36-27(35-22,16-7-3-1-4-8-16)17-9-5-2-6-10-17/h1-12,20-21H,13-15,28H2,(H,29,30)(H,31,32)/t20-,21-/m0/s1.